The highest BCUT2D eigenvalue weighted by Gasteiger charge is 2.09. The average molecular weight is 376 g/mol. The lowest BCUT2D eigenvalue weighted by atomic mass is 10.0. The zero-order valence-electron chi connectivity index (χ0n) is 15.5. The molecule has 0 unspecified atom stereocenters. The zero-order valence-corrected chi connectivity index (χ0v) is 15.5. The number of nitrogens with one attached hydrogen (secondary N) is 2. The molecule has 0 aliphatic carbocycles. The van der Waals surface area contributed by atoms with Crippen LogP contribution in [0.5, 0.6) is 0 Å². The Kier molecular flexibility index (Phi) is 5.50. The number of hydrogen-bond donors (Lipinski definition) is 4. The van der Waals surface area contributed by atoms with E-state index in [2.05, 4.69) is 62.7 Å². The molecule has 8 nitrogen and oxygen atoms in total. The standard InChI is InChI=1S/C18H16N6.C2H4O2/c1-11-2-4-12(5-3-11)15-9-14(8-13-10-21-24-17(13)15)22-16-6-7-20-18(19)23-16;1-2(3)4/h2-10H,1H3,(H,21,24)(H3,19,20,22,23);1H3,(H,3,4). The van der Waals surface area contributed by atoms with Gasteiger partial charge in [-0.2, -0.15) is 10.1 Å². The third kappa shape index (κ3) is 4.61. The maximum absolute atomic E-state index is 9.00. The van der Waals surface area contributed by atoms with E-state index >= 15 is 0 Å². The van der Waals surface area contributed by atoms with E-state index in [9.17, 15) is 0 Å². The van der Waals surface area contributed by atoms with Crippen LogP contribution < -0.4 is 11.1 Å². The fraction of sp³-hybridized carbons (Fsp3) is 0.100. The van der Waals surface area contributed by atoms with Crippen molar-refractivity contribution in [2.75, 3.05) is 11.1 Å². The average Bonchev–Trinajstić information content (AvgIpc) is 3.10. The molecule has 0 aliphatic rings. The number of carboxylic acid groups (broad SMARTS) is 1. The fourth-order valence-corrected chi connectivity index (χ4v) is 2.68. The van der Waals surface area contributed by atoms with E-state index in [-0.39, 0.29) is 5.95 Å². The largest absolute Gasteiger partial charge is 0.481 e. The molecule has 0 fully saturated rings. The number of nitrogens with two attached hydrogens (primary N) is 1. The number of carboxylic acids is 1. The number of aryl methyl sites for hydroxylation is 1. The predicted molar refractivity (Wildman–Crippen MR) is 109 cm³/mol. The van der Waals surface area contributed by atoms with Crippen molar-refractivity contribution in [2.45, 2.75) is 13.8 Å². The van der Waals surface area contributed by atoms with Crippen LogP contribution >= 0.6 is 0 Å². The van der Waals surface area contributed by atoms with Gasteiger partial charge in [-0.05, 0) is 30.7 Å². The molecular weight excluding hydrogens is 356 g/mol. The second kappa shape index (κ2) is 8.17. The molecular formula is C20H20N6O2. The summed E-state index contributed by atoms with van der Waals surface area (Å²) in [5, 5.41) is 19.0. The molecule has 0 saturated heterocycles. The van der Waals surface area contributed by atoms with Gasteiger partial charge in [0, 0.05) is 29.8 Å². The first-order valence-corrected chi connectivity index (χ1v) is 8.51. The molecule has 4 rings (SSSR count). The number of aromatic amines is 1. The van der Waals surface area contributed by atoms with E-state index in [4.69, 9.17) is 15.6 Å². The van der Waals surface area contributed by atoms with Crippen LogP contribution in [0.4, 0.5) is 17.5 Å². The Morgan fingerprint density at radius 1 is 1.18 bits per heavy atom. The smallest absolute Gasteiger partial charge is 0.300 e. The summed E-state index contributed by atoms with van der Waals surface area (Å²) >= 11 is 0. The lowest BCUT2D eigenvalue weighted by molar-refractivity contribution is -0.134. The summed E-state index contributed by atoms with van der Waals surface area (Å²) in [5.41, 5.74) is 11.0. The summed E-state index contributed by atoms with van der Waals surface area (Å²) in [5.74, 6) is 0.0587. The summed E-state index contributed by atoms with van der Waals surface area (Å²) in [6.45, 7) is 3.16. The normalized spacial score (nSPS) is 10.2. The molecule has 0 amide bonds. The molecule has 142 valence electrons. The topological polar surface area (TPSA) is 130 Å². The van der Waals surface area contributed by atoms with Gasteiger partial charge in [0.25, 0.3) is 5.97 Å². The number of aromatic nitrogens is 4. The third-order valence-electron chi connectivity index (χ3n) is 3.86. The maximum Gasteiger partial charge on any atom is 0.300 e. The number of H-pyrrole nitrogens is 1. The third-order valence-corrected chi connectivity index (χ3v) is 3.86. The Balaban J connectivity index is 0.000000516. The van der Waals surface area contributed by atoms with Crippen LogP contribution in [0, 0.1) is 6.92 Å². The molecule has 4 aromatic rings. The molecule has 8 heteroatoms. The lowest BCUT2D eigenvalue weighted by Crippen LogP contribution is -1.99. The van der Waals surface area contributed by atoms with E-state index in [0.717, 1.165) is 34.6 Å². The van der Waals surface area contributed by atoms with Gasteiger partial charge in [-0.3, -0.25) is 9.89 Å². The van der Waals surface area contributed by atoms with Gasteiger partial charge in [-0.15, -0.1) is 0 Å². The van der Waals surface area contributed by atoms with Crippen molar-refractivity contribution in [3.8, 4) is 11.1 Å². The molecule has 0 aliphatic heterocycles. The number of hydrogen-bond acceptors (Lipinski definition) is 6. The Bertz CT molecular complexity index is 1100. The molecule has 0 spiro atoms. The molecule has 5 N–H and O–H groups in total. The van der Waals surface area contributed by atoms with Gasteiger partial charge in [-0.1, -0.05) is 29.8 Å². The SMILES string of the molecule is CC(=O)O.Cc1ccc(-c2cc(Nc3ccnc(N)n3)cc3cn[nH]c23)cc1. The van der Waals surface area contributed by atoms with E-state index < -0.39 is 5.97 Å². The number of rotatable bonds is 3. The summed E-state index contributed by atoms with van der Waals surface area (Å²) in [6, 6.07) is 14.3. The van der Waals surface area contributed by atoms with Crippen LogP contribution in [0.25, 0.3) is 22.0 Å². The highest BCUT2D eigenvalue weighted by Crippen LogP contribution is 2.32. The van der Waals surface area contributed by atoms with Gasteiger partial charge < -0.3 is 16.2 Å². The first-order valence-electron chi connectivity index (χ1n) is 8.51. The molecule has 0 bridgehead atoms. The Morgan fingerprint density at radius 2 is 1.89 bits per heavy atom. The number of anilines is 3. The van der Waals surface area contributed by atoms with Crippen LogP contribution in [-0.2, 0) is 4.79 Å². The van der Waals surface area contributed by atoms with Crippen LogP contribution in [-0.4, -0.2) is 31.2 Å². The van der Waals surface area contributed by atoms with Gasteiger partial charge >= 0.3 is 0 Å². The number of fused-ring (bicyclic) bond motifs is 1. The van der Waals surface area contributed by atoms with Crippen LogP contribution in [0.15, 0.2) is 54.9 Å². The number of nitrogens with zero attached hydrogens (tertiary/aromatic N) is 3. The number of aliphatic carboxylic acids is 1. The van der Waals surface area contributed by atoms with Gasteiger partial charge in [0.2, 0.25) is 5.95 Å². The Hall–Kier alpha value is -3.94. The minimum atomic E-state index is -0.833. The molecule has 0 atom stereocenters. The van der Waals surface area contributed by atoms with Gasteiger partial charge in [0.05, 0.1) is 11.7 Å². The molecule has 28 heavy (non-hydrogen) atoms. The van der Waals surface area contributed by atoms with E-state index in [0.29, 0.717) is 5.82 Å². The summed E-state index contributed by atoms with van der Waals surface area (Å²) < 4.78 is 0. The van der Waals surface area contributed by atoms with Gasteiger partial charge in [0.15, 0.2) is 0 Å². The second-order valence-corrected chi connectivity index (χ2v) is 6.17. The van der Waals surface area contributed by atoms with Gasteiger partial charge in [0.1, 0.15) is 5.82 Å². The highest BCUT2D eigenvalue weighted by molar-refractivity contribution is 5.96. The van der Waals surface area contributed by atoms with Crippen molar-refractivity contribution in [3.05, 3.63) is 60.4 Å². The fourth-order valence-electron chi connectivity index (χ4n) is 2.68. The monoisotopic (exact) mass is 376 g/mol. The summed E-state index contributed by atoms with van der Waals surface area (Å²) in [4.78, 5) is 17.1. The van der Waals surface area contributed by atoms with Crippen LogP contribution in [0.2, 0.25) is 0 Å². The van der Waals surface area contributed by atoms with Crippen molar-refractivity contribution < 1.29 is 9.90 Å². The first-order chi connectivity index (χ1) is 13.4. The van der Waals surface area contributed by atoms with Crippen LogP contribution in [0.3, 0.4) is 0 Å². The van der Waals surface area contributed by atoms with Crippen molar-refractivity contribution >= 4 is 34.3 Å². The quantitative estimate of drug-likeness (QED) is 0.428. The number of carbonyl (C=O) groups is 1. The van der Waals surface area contributed by atoms with Gasteiger partial charge in [-0.25, -0.2) is 4.98 Å². The van der Waals surface area contributed by atoms with Crippen molar-refractivity contribution in [3.63, 3.8) is 0 Å². The number of nitrogen functional groups attached to an aromatic ring is 1. The van der Waals surface area contributed by atoms with Crippen molar-refractivity contribution in [2.24, 2.45) is 0 Å². The molecule has 2 aromatic carbocycles. The minimum Gasteiger partial charge on any atom is -0.481 e. The van der Waals surface area contributed by atoms with Crippen molar-refractivity contribution in [1.29, 1.82) is 0 Å². The number of benzene rings is 2. The molecule has 0 saturated carbocycles. The zero-order chi connectivity index (χ0) is 20.1. The summed E-state index contributed by atoms with van der Waals surface area (Å²) in [6.07, 6.45) is 3.44. The van der Waals surface area contributed by atoms with Crippen LogP contribution in [0.1, 0.15) is 12.5 Å². The lowest BCUT2D eigenvalue weighted by Gasteiger charge is -2.10. The van der Waals surface area contributed by atoms with Crippen molar-refractivity contribution in [1.82, 2.24) is 20.2 Å². The first kappa shape index (κ1) is 18.8. The van der Waals surface area contributed by atoms with E-state index in [1.165, 1.54) is 5.56 Å². The second-order valence-electron chi connectivity index (χ2n) is 6.17. The molecule has 2 aromatic heterocycles. The molecule has 0 radical (unpaired) electrons. The minimum absolute atomic E-state index is 0.239. The Labute approximate surface area is 161 Å². The predicted octanol–water partition coefficient (Wildman–Crippen LogP) is 3.75. The Morgan fingerprint density at radius 3 is 2.57 bits per heavy atom. The summed E-state index contributed by atoms with van der Waals surface area (Å²) in [7, 11) is 0. The van der Waals surface area contributed by atoms with E-state index in [1.54, 1.807) is 12.3 Å². The highest BCUT2D eigenvalue weighted by atomic mass is 16.4. The molecule has 2 heterocycles. The van der Waals surface area contributed by atoms with E-state index in [1.807, 2.05) is 12.3 Å². The maximum atomic E-state index is 9.00.